The van der Waals surface area contributed by atoms with Crippen molar-refractivity contribution < 1.29 is 4.42 Å². The quantitative estimate of drug-likeness (QED) is 0.478. The van der Waals surface area contributed by atoms with Gasteiger partial charge in [0, 0.05) is 17.1 Å². The Hall–Kier alpha value is -2.35. The van der Waals surface area contributed by atoms with E-state index in [0.717, 1.165) is 28.0 Å². The van der Waals surface area contributed by atoms with Crippen molar-refractivity contribution in [2.45, 2.75) is 61.3 Å². The van der Waals surface area contributed by atoms with Crippen LogP contribution in [0, 0.1) is 19.3 Å². The SMILES string of the molecule is C/C(=C\c1ccnc(-c2cc(C(C)C)cc3cc(C)oc23)c1C)C(C)(C)C. The molecule has 2 nitrogen and oxygen atoms in total. The molecular weight excluding hydrogens is 330 g/mol. The standard InChI is InChI=1S/C25H31NO/c1-15(2)20-13-21-12-17(4)27-24(21)22(14-20)23-18(5)19(9-10-26-23)11-16(3)25(6,7)8/h9-15H,1-8H3/b16-11+. The van der Waals surface area contributed by atoms with E-state index < -0.39 is 0 Å². The maximum absolute atomic E-state index is 6.06. The van der Waals surface area contributed by atoms with Gasteiger partial charge in [-0.2, -0.15) is 0 Å². The average Bonchev–Trinajstić information content (AvgIpc) is 2.95. The third-order valence-electron chi connectivity index (χ3n) is 5.48. The number of furan rings is 1. The van der Waals surface area contributed by atoms with E-state index in [1.54, 1.807) is 0 Å². The fourth-order valence-corrected chi connectivity index (χ4v) is 3.24. The number of benzene rings is 1. The molecule has 0 atom stereocenters. The Labute approximate surface area is 163 Å². The molecule has 0 amide bonds. The minimum Gasteiger partial charge on any atom is -0.461 e. The predicted octanol–water partition coefficient (Wildman–Crippen LogP) is 7.68. The molecule has 0 aliphatic heterocycles. The van der Waals surface area contributed by atoms with Crippen molar-refractivity contribution >= 4 is 17.0 Å². The van der Waals surface area contributed by atoms with E-state index >= 15 is 0 Å². The number of nitrogens with zero attached hydrogens (tertiary/aromatic N) is 1. The molecule has 0 spiro atoms. The average molecular weight is 362 g/mol. The molecule has 3 rings (SSSR count). The van der Waals surface area contributed by atoms with Crippen molar-refractivity contribution in [1.29, 1.82) is 0 Å². The number of rotatable bonds is 3. The highest BCUT2D eigenvalue weighted by atomic mass is 16.3. The lowest BCUT2D eigenvalue weighted by Crippen LogP contribution is -2.06. The van der Waals surface area contributed by atoms with Crippen LogP contribution in [0.1, 0.15) is 69.9 Å². The lowest BCUT2D eigenvalue weighted by molar-refractivity contribution is 0.508. The Kier molecular flexibility index (Phi) is 5.03. The number of hydrogen-bond donors (Lipinski definition) is 0. The van der Waals surface area contributed by atoms with Gasteiger partial charge >= 0.3 is 0 Å². The first-order valence-electron chi connectivity index (χ1n) is 9.76. The first-order valence-corrected chi connectivity index (χ1v) is 9.76. The summed E-state index contributed by atoms with van der Waals surface area (Å²) >= 11 is 0. The van der Waals surface area contributed by atoms with E-state index in [1.165, 1.54) is 22.3 Å². The highest BCUT2D eigenvalue weighted by Gasteiger charge is 2.17. The summed E-state index contributed by atoms with van der Waals surface area (Å²) in [6.45, 7) is 17.6. The summed E-state index contributed by atoms with van der Waals surface area (Å²) in [7, 11) is 0. The van der Waals surface area contributed by atoms with Gasteiger partial charge in [0.05, 0.1) is 5.69 Å². The van der Waals surface area contributed by atoms with Gasteiger partial charge in [0.15, 0.2) is 0 Å². The Balaban J connectivity index is 2.25. The monoisotopic (exact) mass is 361 g/mol. The minimum absolute atomic E-state index is 0.152. The van der Waals surface area contributed by atoms with Gasteiger partial charge in [-0.25, -0.2) is 0 Å². The molecule has 0 radical (unpaired) electrons. The van der Waals surface area contributed by atoms with E-state index in [-0.39, 0.29) is 5.41 Å². The molecule has 0 saturated carbocycles. The zero-order chi connectivity index (χ0) is 19.9. The summed E-state index contributed by atoms with van der Waals surface area (Å²) in [6, 6.07) is 8.71. The second-order valence-electron chi connectivity index (χ2n) is 8.95. The van der Waals surface area contributed by atoms with Crippen molar-refractivity contribution in [3.05, 3.63) is 58.5 Å². The van der Waals surface area contributed by atoms with Crippen LogP contribution < -0.4 is 0 Å². The fourth-order valence-electron chi connectivity index (χ4n) is 3.24. The largest absolute Gasteiger partial charge is 0.461 e. The highest BCUT2D eigenvalue weighted by Crippen LogP contribution is 2.36. The molecule has 1 aromatic carbocycles. The van der Waals surface area contributed by atoms with Crippen molar-refractivity contribution in [3.8, 4) is 11.3 Å². The van der Waals surface area contributed by atoms with Crippen molar-refractivity contribution in [2.75, 3.05) is 0 Å². The minimum atomic E-state index is 0.152. The lowest BCUT2D eigenvalue weighted by Gasteiger charge is -2.20. The molecule has 0 N–H and O–H groups in total. The number of pyridine rings is 1. The van der Waals surface area contributed by atoms with E-state index in [0.29, 0.717) is 5.92 Å². The molecule has 2 heterocycles. The molecule has 0 unspecified atom stereocenters. The smallest absolute Gasteiger partial charge is 0.143 e. The second kappa shape index (κ2) is 6.99. The first kappa shape index (κ1) is 19.4. The summed E-state index contributed by atoms with van der Waals surface area (Å²) in [5, 5.41) is 1.15. The van der Waals surface area contributed by atoms with E-state index in [2.05, 4.69) is 78.8 Å². The third-order valence-corrected chi connectivity index (χ3v) is 5.48. The number of aryl methyl sites for hydroxylation is 1. The summed E-state index contributed by atoms with van der Waals surface area (Å²) in [6.07, 6.45) is 4.20. The van der Waals surface area contributed by atoms with Gasteiger partial charge in [0.25, 0.3) is 0 Å². The van der Waals surface area contributed by atoms with Crippen LogP contribution in [0.2, 0.25) is 0 Å². The Bertz CT molecular complexity index is 1010. The number of aromatic nitrogens is 1. The molecule has 0 aliphatic rings. The zero-order valence-electron chi connectivity index (χ0n) is 17.9. The predicted molar refractivity (Wildman–Crippen MR) is 116 cm³/mol. The molecule has 3 aromatic rings. The van der Waals surface area contributed by atoms with Crippen LogP contribution in [0.25, 0.3) is 28.3 Å². The molecule has 142 valence electrons. The van der Waals surface area contributed by atoms with Crippen LogP contribution in [-0.4, -0.2) is 4.98 Å². The van der Waals surface area contributed by atoms with Crippen LogP contribution in [0.15, 0.2) is 40.5 Å². The summed E-state index contributed by atoms with van der Waals surface area (Å²) < 4.78 is 6.06. The van der Waals surface area contributed by atoms with E-state index in [1.807, 2.05) is 13.1 Å². The van der Waals surface area contributed by atoms with Crippen molar-refractivity contribution in [1.82, 2.24) is 4.98 Å². The molecule has 0 fully saturated rings. The van der Waals surface area contributed by atoms with E-state index in [9.17, 15) is 0 Å². The molecule has 2 heteroatoms. The van der Waals surface area contributed by atoms with Crippen molar-refractivity contribution in [2.24, 2.45) is 5.41 Å². The molecular formula is C25H31NO. The third kappa shape index (κ3) is 3.85. The van der Waals surface area contributed by atoms with Gasteiger partial charge in [-0.05, 0) is 73.1 Å². The Morgan fingerprint density at radius 2 is 1.81 bits per heavy atom. The number of hydrogen-bond acceptors (Lipinski definition) is 2. The molecule has 0 saturated heterocycles. The maximum atomic E-state index is 6.06. The zero-order valence-corrected chi connectivity index (χ0v) is 17.9. The van der Waals surface area contributed by atoms with Gasteiger partial charge in [0.2, 0.25) is 0 Å². The number of fused-ring (bicyclic) bond motifs is 1. The van der Waals surface area contributed by atoms with Crippen molar-refractivity contribution in [3.63, 3.8) is 0 Å². The van der Waals surface area contributed by atoms with Crippen LogP contribution in [-0.2, 0) is 0 Å². The van der Waals surface area contributed by atoms with Gasteiger partial charge in [-0.3, -0.25) is 4.98 Å². The molecule has 0 aliphatic carbocycles. The van der Waals surface area contributed by atoms with Crippen LogP contribution in [0.3, 0.4) is 0 Å². The molecule has 2 aromatic heterocycles. The lowest BCUT2D eigenvalue weighted by atomic mass is 9.86. The Morgan fingerprint density at radius 3 is 2.44 bits per heavy atom. The van der Waals surface area contributed by atoms with Gasteiger partial charge in [-0.15, -0.1) is 0 Å². The first-order chi connectivity index (χ1) is 12.6. The molecule has 0 bridgehead atoms. The van der Waals surface area contributed by atoms with Gasteiger partial charge in [0.1, 0.15) is 11.3 Å². The normalized spacial score (nSPS) is 13.0. The van der Waals surface area contributed by atoms with E-state index in [4.69, 9.17) is 9.40 Å². The summed E-state index contributed by atoms with van der Waals surface area (Å²) in [5.41, 5.74) is 8.26. The topological polar surface area (TPSA) is 26.0 Å². The van der Waals surface area contributed by atoms with Gasteiger partial charge < -0.3 is 4.42 Å². The van der Waals surface area contributed by atoms with Gasteiger partial charge in [-0.1, -0.05) is 46.3 Å². The summed E-state index contributed by atoms with van der Waals surface area (Å²) in [4.78, 5) is 4.75. The highest BCUT2D eigenvalue weighted by molar-refractivity contribution is 5.94. The number of allylic oxidation sites excluding steroid dienone is 1. The second-order valence-corrected chi connectivity index (χ2v) is 8.95. The van der Waals surface area contributed by atoms with Crippen LogP contribution >= 0.6 is 0 Å². The summed E-state index contributed by atoms with van der Waals surface area (Å²) in [5.74, 6) is 1.39. The molecule has 27 heavy (non-hydrogen) atoms. The van der Waals surface area contributed by atoms with Crippen LogP contribution in [0.5, 0.6) is 0 Å². The maximum Gasteiger partial charge on any atom is 0.143 e. The van der Waals surface area contributed by atoms with Crippen LogP contribution in [0.4, 0.5) is 0 Å². The fraction of sp³-hybridized carbons (Fsp3) is 0.400. The Morgan fingerprint density at radius 1 is 1.11 bits per heavy atom.